The first-order valence-corrected chi connectivity index (χ1v) is 1.92. The van der Waals surface area contributed by atoms with Crippen LogP contribution in [-0.2, 0) is 0 Å². The van der Waals surface area contributed by atoms with Crippen molar-refractivity contribution in [1.29, 1.82) is 0 Å². The quantitative estimate of drug-likeness (QED) is 0.419. The molecule has 0 saturated carbocycles. The third-order valence-corrected chi connectivity index (χ3v) is 0.395. The molecule has 0 aromatic rings. The Hall–Kier alpha value is -0.920. The summed E-state index contributed by atoms with van der Waals surface area (Å²) in [6.45, 7) is -0.0956. The van der Waals surface area contributed by atoms with Gasteiger partial charge in [-0.05, 0) is 0 Å². The molecule has 1 N–H and O–H groups in total. The zero-order valence-electron chi connectivity index (χ0n) is 3.94. The normalized spacial score (nSPS) is 5.71. The van der Waals surface area contributed by atoms with Gasteiger partial charge in [0.1, 0.15) is 6.61 Å². The highest BCUT2D eigenvalue weighted by atomic mass is 16.2. The minimum absolute atomic E-state index is 0.0956. The van der Waals surface area contributed by atoms with E-state index in [4.69, 9.17) is 11.5 Å². The van der Waals surface area contributed by atoms with E-state index in [9.17, 15) is 0 Å². The van der Waals surface area contributed by atoms with Crippen LogP contribution in [0, 0.1) is 24.2 Å². The second-order valence-electron chi connectivity index (χ2n) is 0.893. The maximum absolute atomic E-state index is 8.05. The smallest absolute Gasteiger partial charge is 0.104 e. The van der Waals surface area contributed by atoms with E-state index in [1.807, 2.05) is 0 Å². The van der Waals surface area contributed by atoms with Crippen molar-refractivity contribution in [3.8, 4) is 24.2 Å². The molecule has 0 bridgehead atoms. The molecule has 0 radical (unpaired) electrons. The van der Waals surface area contributed by atoms with E-state index >= 15 is 0 Å². The summed E-state index contributed by atoms with van der Waals surface area (Å²) in [6.07, 6.45) is 5.27. The number of hydrogen-bond acceptors (Lipinski definition) is 1. The van der Waals surface area contributed by atoms with Crippen molar-refractivity contribution < 1.29 is 5.11 Å². The molecule has 0 aromatic heterocycles. The second kappa shape index (κ2) is 5.08. The van der Waals surface area contributed by atoms with Gasteiger partial charge in [0, 0.05) is 0 Å². The van der Waals surface area contributed by atoms with E-state index in [1.54, 1.807) is 0 Å². The lowest BCUT2D eigenvalue weighted by Gasteiger charge is -1.66. The Morgan fingerprint density at radius 2 is 2.14 bits per heavy atom. The molecule has 0 aliphatic carbocycles. The Labute approximate surface area is 43.4 Å². The van der Waals surface area contributed by atoms with Gasteiger partial charge in [-0.1, -0.05) is 17.8 Å². The highest BCUT2D eigenvalue weighted by Crippen LogP contribution is 1.64. The van der Waals surface area contributed by atoms with E-state index in [0.29, 0.717) is 6.42 Å². The van der Waals surface area contributed by atoms with E-state index in [2.05, 4.69) is 17.8 Å². The van der Waals surface area contributed by atoms with E-state index in [-0.39, 0.29) is 6.61 Å². The van der Waals surface area contributed by atoms with Crippen LogP contribution in [0.2, 0.25) is 0 Å². The van der Waals surface area contributed by atoms with E-state index < -0.39 is 0 Å². The number of aliphatic hydroxyl groups is 1. The summed E-state index contributed by atoms with van der Waals surface area (Å²) in [4.78, 5) is 0. The van der Waals surface area contributed by atoms with Gasteiger partial charge in [-0.25, -0.2) is 0 Å². The van der Waals surface area contributed by atoms with E-state index in [1.165, 1.54) is 0 Å². The Kier molecular flexibility index (Phi) is 4.41. The molecule has 0 aliphatic rings. The Balaban J connectivity index is 3.12. The lowest BCUT2D eigenvalue weighted by Crippen LogP contribution is -1.69. The monoisotopic (exact) mass is 94.0 g/mol. The standard InChI is InChI=1S/C6H6O/c1-2-3-4-5-6-7/h1,7H,3,6H2. The third kappa shape index (κ3) is 5.08. The molecule has 0 saturated heterocycles. The average Bonchev–Trinajstić information content (AvgIpc) is 1.69. The summed E-state index contributed by atoms with van der Waals surface area (Å²) < 4.78 is 0. The average molecular weight is 94.1 g/mol. The Morgan fingerprint density at radius 3 is 2.57 bits per heavy atom. The van der Waals surface area contributed by atoms with Gasteiger partial charge in [0.2, 0.25) is 0 Å². The maximum atomic E-state index is 8.05. The van der Waals surface area contributed by atoms with Gasteiger partial charge >= 0.3 is 0 Å². The highest BCUT2D eigenvalue weighted by molar-refractivity contribution is 5.07. The van der Waals surface area contributed by atoms with Crippen molar-refractivity contribution in [3.63, 3.8) is 0 Å². The fourth-order valence-electron chi connectivity index (χ4n) is 0.169. The van der Waals surface area contributed by atoms with Crippen LogP contribution in [0.5, 0.6) is 0 Å². The largest absolute Gasteiger partial charge is 0.384 e. The first kappa shape index (κ1) is 6.08. The zero-order chi connectivity index (χ0) is 5.54. The van der Waals surface area contributed by atoms with Gasteiger partial charge in [0.25, 0.3) is 0 Å². The molecular formula is C6H6O. The first-order chi connectivity index (χ1) is 3.41. The van der Waals surface area contributed by atoms with Crippen LogP contribution in [0.1, 0.15) is 6.42 Å². The first-order valence-electron chi connectivity index (χ1n) is 1.92. The van der Waals surface area contributed by atoms with Crippen molar-refractivity contribution in [2.45, 2.75) is 6.42 Å². The van der Waals surface area contributed by atoms with Crippen LogP contribution < -0.4 is 0 Å². The molecule has 1 heteroatoms. The van der Waals surface area contributed by atoms with Crippen molar-refractivity contribution >= 4 is 0 Å². The summed E-state index contributed by atoms with van der Waals surface area (Å²) in [7, 11) is 0. The van der Waals surface area contributed by atoms with Gasteiger partial charge in [0.05, 0.1) is 6.42 Å². The van der Waals surface area contributed by atoms with Gasteiger partial charge in [-0.3, -0.25) is 0 Å². The molecule has 7 heavy (non-hydrogen) atoms. The lowest BCUT2D eigenvalue weighted by atomic mass is 10.4. The van der Waals surface area contributed by atoms with Gasteiger partial charge in [0.15, 0.2) is 0 Å². The molecule has 0 fully saturated rings. The zero-order valence-corrected chi connectivity index (χ0v) is 3.94. The summed E-state index contributed by atoms with van der Waals surface area (Å²) >= 11 is 0. The third-order valence-electron chi connectivity index (χ3n) is 0.395. The van der Waals surface area contributed by atoms with Gasteiger partial charge < -0.3 is 5.11 Å². The van der Waals surface area contributed by atoms with Crippen LogP contribution >= 0.6 is 0 Å². The van der Waals surface area contributed by atoms with Gasteiger partial charge in [-0.2, -0.15) is 0 Å². The predicted octanol–water partition coefficient (Wildman–Crippen LogP) is 0.00540. The van der Waals surface area contributed by atoms with Crippen LogP contribution in [0.25, 0.3) is 0 Å². The molecular weight excluding hydrogens is 88.1 g/mol. The maximum Gasteiger partial charge on any atom is 0.104 e. The van der Waals surface area contributed by atoms with Crippen molar-refractivity contribution in [2.75, 3.05) is 6.61 Å². The van der Waals surface area contributed by atoms with Crippen molar-refractivity contribution in [3.05, 3.63) is 0 Å². The summed E-state index contributed by atoms with van der Waals surface area (Å²) in [5.41, 5.74) is 0. The molecule has 0 atom stereocenters. The fourth-order valence-corrected chi connectivity index (χ4v) is 0.169. The van der Waals surface area contributed by atoms with Crippen LogP contribution in [-0.4, -0.2) is 11.7 Å². The molecule has 0 spiro atoms. The second-order valence-corrected chi connectivity index (χ2v) is 0.893. The molecule has 0 unspecified atom stereocenters. The summed E-state index contributed by atoms with van der Waals surface area (Å²) in [5.74, 6) is 7.28. The van der Waals surface area contributed by atoms with Gasteiger partial charge in [-0.15, -0.1) is 6.42 Å². The molecule has 1 nitrogen and oxygen atoms in total. The fraction of sp³-hybridized carbons (Fsp3) is 0.333. The highest BCUT2D eigenvalue weighted by Gasteiger charge is 1.60. The number of terminal acetylenes is 1. The minimum Gasteiger partial charge on any atom is -0.384 e. The number of rotatable bonds is 0. The van der Waals surface area contributed by atoms with Crippen LogP contribution in [0.15, 0.2) is 0 Å². The molecule has 0 heterocycles. The number of hydrogen-bond donors (Lipinski definition) is 1. The predicted molar refractivity (Wildman–Crippen MR) is 28.3 cm³/mol. The SMILES string of the molecule is C#CCC#CCO. The Bertz CT molecular complexity index is 119. The van der Waals surface area contributed by atoms with Crippen molar-refractivity contribution in [1.82, 2.24) is 0 Å². The minimum atomic E-state index is -0.0956. The van der Waals surface area contributed by atoms with Crippen LogP contribution in [0.3, 0.4) is 0 Å². The van der Waals surface area contributed by atoms with Crippen molar-refractivity contribution in [2.24, 2.45) is 0 Å². The Morgan fingerprint density at radius 1 is 1.43 bits per heavy atom. The van der Waals surface area contributed by atoms with Crippen LogP contribution in [0.4, 0.5) is 0 Å². The van der Waals surface area contributed by atoms with E-state index in [0.717, 1.165) is 0 Å². The molecule has 36 valence electrons. The number of aliphatic hydroxyl groups excluding tert-OH is 1. The lowest BCUT2D eigenvalue weighted by molar-refractivity contribution is 0.350. The molecule has 0 amide bonds. The topological polar surface area (TPSA) is 20.2 Å². The molecule has 0 aromatic carbocycles. The summed E-state index contributed by atoms with van der Waals surface area (Å²) in [5, 5.41) is 8.05. The summed E-state index contributed by atoms with van der Waals surface area (Å²) in [6, 6.07) is 0. The molecule has 0 rings (SSSR count). The molecule has 0 aliphatic heterocycles.